The number of carbonyl (C=O) groups is 1. The van der Waals surface area contributed by atoms with Crippen LogP contribution in [0.15, 0.2) is 30.3 Å². The Morgan fingerprint density at radius 1 is 1.41 bits per heavy atom. The Bertz CT molecular complexity index is 371. The van der Waals surface area contributed by atoms with E-state index in [1.54, 1.807) is 0 Å². The van der Waals surface area contributed by atoms with Gasteiger partial charge in [0.15, 0.2) is 0 Å². The van der Waals surface area contributed by atoms with E-state index in [2.05, 4.69) is 5.32 Å². The Morgan fingerprint density at radius 3 is 2.82 bits per heavy atom. The first-order valence-electron chi connectivity index (χ1n) is 5.45. The number of rotatable bonds is 3. The second kappa shape index (κ2) is 5.63. The van der Waals surface area contributed by atoms with Crippen molar-refractivity contribution in [3.05, 3.63) is 35.9 Å². The summed E-state index contributed by atoms with van der Waals surface area (Å²) in [5, 5.41) is 2.44. The molecule has 4 nitrogen and oxygen atoms in total. The highest BCUT2D eigenvalue weighted by Crippen LogP contribution is 2.09. The molecule has 92 valence electrons. The third-order valence-corrected chi connectivity index (χ3v) is 2.53. The van der Waals surface area contributed by atoms with Crippen molar-refractivity contribution in [2.45, 2.75) is 18.8 Å². The fraction of sp³-hybridized carbons (Fsp3) is 0.417. The normalized spacial score (nSPS) is 23.4. The molecule has 1 aromatic carbocycles. The van der Waals surface area contributed by atoms with Gasteiger partial charge in [0.25, 0.3) is 0 Å². The monoisotopic (exact) mass is 239 g/mol. The lowest BCUT2D eigenvalue weighted by Crippen LogP contribution is -2.41. The average molecular weight is 239 g/mol. The Hall–Kier alpha value is -1.62. The summed E-state index contributed by atoms with van der Waals surface area (Å²) in [6.07, 6.45) is -1.77. The molecule has 2 atom stereocenters. The quantitative estimate of drug-likeness (QED) is 0.872. The van der Waals surface area contributed by atoms with Gasteiger partial charge >= 0.3 is 6.09 Å². The smallest absolute Gasteiger partial charge is 0.407 e. The molecule has 0 spiro atoms. The maximum Gasteiger partial charge on any atom is 0.407 e. The molecule has 1 fully saturated rings. The Morgan fingerprint density at radius 2 is 2.18 bits per heavy atom. The van der Waals surface area contributed by atoms with Crippen LogP contribution in [0, 0.1) is 0 Å². The van der Waals surface area contributed by atoms with Gasteiger partial charge in [0.2, 0.25) is 0 Å². The van der Waals surface area contributed by atoms with Crippen LogP contribution in [0.5, 0.6) is 0 Å². The summed E-state index contributed by atoms with van der Waals surface area (Å²) in [5.74, 6) is 0. The molecular formula is C12H14FNO3. The molecule has 0 unspecified atom stereocenters. The third-order valence-electron chi connectivity index (χ3n) is 2.53. The van der Waals surface area contributed by atoms with Gasteiger partial charge in [0, 0.05) is 0 Å². The first kappa shape index (κ1) is 11.9. The van der Waals surface area contributed by atoms with Crippen LogP contribution >= 0.6 is 0 Å². The van der Waals surface area contributed by atoms with Gasteiger partial charge in [-0.1, -0.05) is 30.3 Å². The van der Waals surface area contributed by atoms with Crippen LogP contribution in [0.3, 0.4) is 0 Å². The van der Waals surface area contributed by atoms with Gasteiger partial charge in [-0.3, -0.25) is 0 Å². The lowest BCUT2D eigenvalue weighted by molar-refractivity contribution is 0.130. The van der Waals surface area contributed by atoms with E-state index in [0.29, 0.717) is 0 Å². The summed E-state index contributed by atoms with van der Waals surface area (Å²) in [6.45, 7) is 0.405. The first-order valence-corrected chi connectivity index (χ1v) is 5.45. The standard InChI is InChI=1S/C12H14FNO3/c13-10-7-16-8-11(10)14-12(15)17-6-9-4-2-1-3-5-9/h1-5,10-11H,6-8H2,(H,14,15)/t10-,11+/m1/s1. The lowest BCUT2D eigenvalue weighted by Gasteiger charge is -2.13. The minimum atomic E-state index is -1.15. The number of amides is 1. The van der Waals surface area contributed by atoms with Crippen LogP contribution in [0.25, 0.3) is 0 Å². The van der Waals surface area contributed by atoms with E-state index in [9.17, 15) is 9.18 Å². The van der Waals surface area contributed by atoms with E-state index in [1.807, 2.05) is 30.3 Å². The van der Waals surface area contributed by atoms with Crippen molar-refractivity contribution in [1.29, 1.82) is 0 Å². The summed E-state index contributed by atoms with van der Waals surface area (Å²) in [4.78, 5) is 11.4. The predicted octanol–water partition coefficient (Wildman–Crippen LogP) is 1.65. The van der Waals surface area contributed by atoms with Crippen molar-refractivity contribution in [3.63, 3.8) is 0 Å². The number of carbonyl (C=O) groups excluding carboxylic acids is 1. The summed E-state index contributed by atoms with van der Waals surface area (Å²) in [7, 11) is 0. The molecule has 0 bridgehead atoms. The second-order valence-corrected chi connectivity index (χ2v) is 3.87. The first-order chi connectivity index (χ1) is 8.25. The van der Waals surface area contributed by atoms with Gasteiger partial charge in [-0.15, -0.1) is 0 Å². The molecule has 5 heteroatoms. The zero-order valence-corrected chi connectivity index (χ0v) is 9.27. The van der Waals surface area contributed by atoms with Gasteiger partial charge < -0.3 is 14.8 Å². The SMILES string of the molecule is O=C(N[C@H]1COC[C@H]1F)OCc1ccccc1. The molecule has 1 amide bonds. The molecule has 1 aliphatic heterocycles. The van der Waals surface area contributed by atoms with Crippen LogP contribution in [0.4, 0.5) is 9.18 Å². The highest BCUT2D eigenvalue weighted by molar-refractivity contribution is 5.67. The molecular weight excluding hydrogens is 225 g/mol. The van der Waals surface area contributed by atoms with Crippen molar-refractivity contribution >= 4 is 6.09 Å². The maximum atomic E-state index is 13.1. The van der Waals surface area contributed by atoms with Crippen LogP contribution in [0.1, 0.15) is 5.56 Å². The number of benzene rings is 1. The molecule has 1 aliphatic rings. The number of halogens is 1. The zero-order valence-electron chi connectivity index (χ0n) is 9.27. The van der Waals surface area contributed by atoms with E-state index in [0.717, 1.165) is 5.56 Å². The zero-order chi connectivity index (χ0) is 12.1. The van der Waals surface area contributed by atoms with E-state index in [4.69, 9.17) is 9.47 Å². The highest BCUT2D eigenvalue weighted by Gasteiger charge is 2.29. The minimum absolute atomic E-state index is 0.0314. The van der Waals surface area contributed by atoms with Gasteiger partial charge in [0.05, 0.1) is 19.3 Å². The summed E-state index contributed by atoms with van der Waals surface area (Å²) < 4.78 is 23.0. The second-order valence-electron chi connectivity index (χ2n) is 3.87. The minimum Gasteiger partial charge on any atom is -0.445 e. The Kier molecular flexibility index (Phi) is 3.93. The number of hydrogen-bond acceptors (Lipinski definition) is 3. The molecule has 1 N–H and O–H groups in total. The third kappa shape index (κ3) is 3.42. The van der Waals surface area contributed by atoms with Crippen molar-refractivity contribution in [1.82, 2.24) is 5.32 Å². The van der Waals surface area contributed by atoms with Crippen molar-refractivity contribution < 1.29 is 18.7 Å². The van der Waals surface area contributed by atoms with E-state index < -0.39 is 18.3 Å². The van der Waals surface area contributed by atoms with Gasteiger partial charge in [0.1, 0.15) is 12.8 Å². The Balaban J connectivity index is 1.74. The fourth-order valence-electron chi connectivity index (χ4n) is 1.58. The van der Waals surface area contributed by atoms with Crippen molar-refractivity contribution in [3.8, 4) is 0 Å². The van der Waals surface area contributed by atoms with Crippen LogP contribution < -0.4 is 5.32 Å². The maximum absolute atomic E-state index is 13.1. The molecule has 0 saturated carbocycles. The molecule has 17 heavy (non-hydrogen) atoms. The van der Waals surface area contributed by atoms with Gasteiger partial charge in [-0.05, 0) is 5.56 Å². The van der Waals surface area contributed by atoms with Crippen LogP contribution in [-0.2, 0) is 16.1 Å². The summed E-state index contributed by atoms with van der Waals surface area (Å²) in [6, 6.07) is 8.71. The van der Waals surface area contributed by atoms with E-state index in [-0.39, 0.29) is 19.8 Å². The molecule has 0 aromatic heterocycles. The molecule has 1 saturated heterocycles. The van der Waals surface area contributed by atoms with Crippen molar-refractivity contribution in [2.75, 3.05) is 13.2 Å². The molecule has 1 aromatic rings. The Labute approximate surface area is 98.7 Å². The van der Waals surface area contributed by atoms with E-state index >= 15 is 0 Å². The van der Waals surface area contributed by atoms with Crippen molar-refractivity contribution in [2.24, 2.45) is 0 Å². The highest BCUT2D eigenvalue weighted by atomic mass is 19.1. The molecule has 1 heterocycles. The average Bonchev–Trinajstić information content (AvgIpc) is 2.74. The number of alkyl halides is 1. The number of hydrogen-bond donors (Lipinski definition) is 1. The van der Waals surface area contributed by atoms with Gasteiger partial charge in [-0.25, -0.2) is 9.18 Å². The molecule has 0 aliphatic carbocycles. The van der Waals surface area contributed by atoms with E-state index in [1.165, 1.54) is 0 Å². The molecule has 2 rings (SSSR count). The van der Waals surface area contributed by atoms with Crippen LogP contribution in [0.2, 0.25) is 0 Å². The molecule has 0 radical (unpaired) electrons. The number of ether oxygens (including phenoxy) is 2. The topological polar surface area (TPSA) is 47.6 Å². The lowest BCUT2D eigenvalue weighted by atomic mass is 10.2. The van der Waals surface area contributed by atoms with Gasteiger partial charge in [-0.2, -0.15) is 0 Å². The number of nitrogens with one attached hydrogen (secondary N) is 1. The predicted molar refractivity (Wildman–Crippen MR) is 59.3 cm³/mol. The largest absolute Gasteiger partial charge is 0.445 e. The fourth-order valence-corrected chi connectivity index (χ4v) is 1.58. The summed E-state index contributed by atoms with van der Waals surface area (Å²) >= 11 is 0. The van der Waals surface area contributed by atoms with Crippen LogP contribution in [-0.4, -0.2) is 31.5 Å². The summed E-state index contributed by atoms with van der Waals surface area (Å²) in [5.41, 5.74) is 0.891. The number of alkyl carbamates (subject to hydrolysis) is 1.